The Morgan fingerprint density at radius 1 is 1.38 bits per heavy atom. The minimum absolute atomic E-state index is 0.172. The molecule has 0 radical (unpaired) electrons. The first-order valence-electron chi connectivity index (χ1n) is 7.16. The quantitative estimate of drug-likeness (QED) is 0.864. The highest BCUT2D eigenvalue weighted by Gasteiger charge is 2.21. The monoisotopic (exact) mass is 314 g/mol. The van der Waals surface area contributed by atoms with Crippen molar-refractivity contribution >= 4 is 23.3 Å². The Morgan fingerprint density at radius 2 is 2.00 bits per heavy atom. The molecule has 1 aliphatic rings. The van der Waals surface area contributed by atoms with E-state index in [2.05, 4.69) is 27.5 Å². The molecule has 0 saturated carbocycles. The van der Waals surface area contributed by atoms with Crippen molar-refractivity contribution < 1.29 is 9.53 Å². The highest BCUT2D eigenvalue weighted by molar-refractivity contribution is 6.29. The van der Waals surface area contributed by atoms with Gasteiger partial charge in [0, 0.05) is 12.1 Å². The van der Waals surface area contributed by atoms with Crippen molar-refractivity contribution in [3.63, 3.8) is 0 Å². The molecule has 0 bridgehead atoms. The van der Waals surface area contributed by atoms with Crippen LogP contribution in [-0.2, 0) is 4.74 Å². The summed E-state index contributed by atoms with van der Waals surface area (Å²) in [5.41, 5.74) is 0.757. The number of rotatable bonds is 3. The number of likely N-dealkylation sites (tertiary alicyclic amines) is 1. The molecule has 2 rings (SSSR count). The fourth-order valence-corrected chi connectivity index (χ4v) is 2.25. The van der Waals surface area contributed by atoms with Crippen molar-refractivity contribution in [3.05, 3.63) is 16.9 Å². The predicted molar refractivity (Wildman–Crippen MR) is 83.9 cm³/mol. The highest BCUT2D eigenvalue weighted by atomic mass is 35.5. The van der Waals surface area contributed by atoms with Gasteiger partial charge in [0.15, 0.2) is 10.8 Å². The summed E-state index contributed by atoms with van der Waals surface area (Å²) < 4.78 is 4.69. The molecule has 1 saturated heterocycles. The van der Waals surface area contributed by atoms with E-state index in [4.69, 9.17) is 16.3 Å². The Labute approximate surface area is 130 Å². The molecule has 1 aromatic heterocycles. The van der Waals surface area contributed by atoms with Gasteiger partial charge in [-0.05, 0) is 33.0 Å². The van der Waals surface area contributed by atoms with Crippen LogP contribution in [0.4, 0.5) is 5.69 Å². The van der Waals surface area contributed by atoms with Crippen LogP contribution in [0.3, 0.4) is 0 Å². The van der Waals surface area contributed by atoms with Crippen LogP contribution in [0, 0.1) is 0 Å². The number of nitrogens with zero attached hydrogens (tertiary/aromatic N) is 3. The van der Waals surface area contributed by atoms with Crippen LogP contribution in [0.1, 0.15) is 37.2 Å². The van der Waals surface area contributed by atoms with Crippen LogP contribution in [0.5, 0.6) is 0 Å². The van der Waals surface area contributed by atoms with Gasteiger partial charge in [-0.25, -0.2) is 4.79 Å². The fourth-order valence-electron chi connectivity index (χ4n) is 2.10. The van der Waals surface area contributed by atoms with E-state index in [1.165, 1.54) is 7.11 Å². The van der Waals surface area contributed by atoms with Crippen LogP contribution >= 0.6 is 11.6 Å². The third-order valence-corrected chi connectivity index (χ3v) is 3.41. The predicted octanol–water partition coefficient (Wildman–Crippen LogP) is 2.45. The molecule has 0 aromatic carbocycles. The maximum absolute atomic E-state index is 11.6. The first-order chi connectivity index (χ1) is 10.1. The second kappa shape index (κ2) is 8.79. The third-order valence-electron chi connectivity index (χ3n) is 3.22. The van der Waals surface area contributed by atoms with Gasteiger partial charge in [0.1, 0.15) is 0 Å². The summed E-state index contributed by atoms with van der Waals surface area (Å²) in [6.45, 7) is 6.05. The molecular formula is C14H23ClN4O2. The lowest BCUT2D eigenvalue weighted by molar-refractivity contribution is 0.0594. The highest BCUT2D eigenvalue weighted by Crippen LogP contribution is 2.21. The second-order valence-electron chi connectivity index (χ2n) is 4.64. The van der Waals surface area contributed by atoms with Crippen LogP contribution < -0.4 is 5.32 Å². The molecular weight excluding hydrogens is 292 g/mol. The van der Waals surface area contributed by atoms with Gasteiger partial charge in [0.25, 0.3) is 0 Å². The minimum atomic E-state index is -0.514. The number of halogens is 1. The number of methoxy groups -OCH3 is 1. The Morgan fingerprint density at radius 3 is 2.57 bits per heavy atom. The molecule has 0 unspecified atom stereocenters. The van der Waals surface area contributed by atoms with Crippen LogP contribution in [0.2, 0.25) is 5.15 Å². The van der Waals surface area contributed by atoms with Crippen molar-refractivity contribution in [2.24, 2.45) is 0 Å². The van der Waals surface area contributed by atoms with Gasteiger partial charge in [-0.1, -0.05) is 25.4 Å². The lowest BCUT2D eigenvalue weighted by Crippen LogP contribution is -2.37. The smallest absolute Gasteiger partial charge is 0.360 e. The standard InChI is InChI=1S/C12H17ClN4O2.C2H6/c1-17-5-3-8(4-6-17)14-9-7-10(13)15-16-11(9)12(18)19-2;1-2/h7-8H,3-6H2,1-2H3,(H,14,15);1-2H3. The normalized spacial score (nSPS) is 15.9. The first kappa shape index (κ1) is 17.7. The summed E-state index contributed by atoms with van der Waals surface area (Å²) in [5, 5.41) is 11.0. The van der Waals surface area contributed by atoms with E-state index in [9.17, 15) is 4.79 Å². The van der Waals surface area contributed by atoms with E-state index in [0.29, 0.717) is 11.7 Å². The Bertz CT molecular complexity index is 462. The SMILES string of the molecule is CC.COC(=O)c1nnc(Cl)cc1NC1CCN(C)CC1. The van der Waals surface area contributed by atoms with Gasteiger partial charge in [0.05, 0.1) is 12.8 Å². The Balaban J connectivity index is 0.00000106. The fraction of sp³-hybridized carbons (Fsp3) is 0.643. The summed E-state index contributed by atoms with van der Waals surface area (Å²) in [7, 11) is 3.42. The molecule has 7 heteroatoms. The largest absolute Gasteiger partial charge is 0.464 e. The van der Waals surface area contributed by atoms with E-state index in [1.807, 2.05) is 13.8 Å². The molecule has 0 aliphatic carbocycles. The van der Waals surface area contributed by atoms with Gasteiger partial charge in [-0.15, -0.1) is 10.2 Å². The molecule has 1 fully saturated rings. The Kier molecular flexibility index (Phi) is 7.39. The topological polar surface area (TPSA) is 67.3 Å². The molecule has 0 spiro atoms. The van der Waals surface area contributed by atoms with E-state index in [1.54, 1.807) is 6.07 Å². The number of esters is 1. The van der Waals surface area contributed by atoms with Crippen molar-refractivity contribution in [2.75, 3.05) is 32.6 Å². The van der Waals surface area contributed by atoms with Crippen LogP contribution in [0.15, 0.2) is 6.07 Å². The number of anilines is 1. The zero-order chi connectivity index (χ0) is 15.8. The number of hydrogen-bond donors (Lipinski definition) is 1. The molecule has 118 valence electrons. The van der Waals surface area contributed by atoms with Gasteiger partial charge in [0.2, 0.25) is 0 Å². The van der Waals surface area contributed by atoms with Crippen molar-refractivity contribution in [2.45, 2.75) is 32.7 Å². The summed E-state index contributed by atoms with van der Waals surface area (Å²) in [4.78, 5) is 13.9. The zero-order valence-corrected chi connectivity index (χ0v) is 13.8. The summed E-state index contributed by atoms with van der Waals surface area (Å²) in [5.74, 6) is -0.514. The average Bonchev–Trinajstić information content (AvgIpc) is 2.51. The molecule has 0 atom stereocenters. The number of aromatic nitrogens is 2. The number of carbonyl (C=O) groups is 1. The van der Waals surface area contributed by atoms with Crippen molar-refractivity contribution in [1.29, 1.82) is 0 Å². The van der Waals surface area contributed by atoms with E-state index in [-0.39, 0.29) is 10.8 Å². The molecule has 0 amide bonds. The zero-order valence-electron chi connectivity index (χ0n) is 13.0. The van der Waals surface area contributed by atoms with Crippen LogP contribution in [0.25, 0.3) is 0 Å². The molecule has 1 aromatic rings. The molecule has 1 aliphatic heterocycles. The Hall–Kier alpha value is -1.40. The van der Waals surface area contributed by atoms with Crippen molar-refractivity contribution in [1.82, 2.24) is 15.1 Å². The first-order valence-corrected chi connectivity index (χ1v) is 7.54. The van der Waals surface area contributed by atoms with Crippen molar-refractivity contribution in [3.8, 4) is 0 Å². The van der Waals surface area contributed by atoms with Gasteiger partial charge in [-0.2, -0.15) is 0 Å². The third kappa shape index (κ3) is 5.13. The average molecular weight is 315 g/mol. The number of ether oxygens (including phenoxy) is 1. The number of nitrogens with one attached hydrogen (secondary N) is 1. The van der Waals surface area contributed by atoms with Gasteiger partial charge >= 0.3 is 5.97 Å². The maximum atomic E-state index is 11.6. The summed E-state index contributed by atoms with van der Waals surface area (Å²) in [6, 6.07) is 1.92. The minimum Gasteiger partial charge on any atom is -0.464 e. The van der Waals surface area contributed by atoms with Gasteiger partial charge in [-0.3, -0.25) is 0 Å². The molecule has 2 heterocycles. The lowest BCUT2D eigenvalue weighted by Gasteiger charge is -2.30. The van der Waals surface area contributed by atoms with E-state index >= 15 is 0 Å². The number of carbonyl (C=O) groups excluding carboxylic acids is 1. The molecule has 6 nitrogen and oxygen atoms in total. The van der Waals surface area contributed by atoms with Crippen LogP contribution in [-0.4, -0.2) is 54.4 Å². The molecule has 21 heavy (non-hydrogen) atoms. The second-order valence-corrected chi connectivity index (χ2v) is 5.03. The molecule has 1 N–H and O–H groups in total. The van der Waals surface area contributed by atoms with E-state index in [0.717, 1.165) is 25.9 Å². The number of piperidine rings is 1. The lowest BCUT2D eigenvalue weighted by atomic mass is 10.1. The summed E-state index contributed by atoms with van der Waals surface area (Å²) >= 11 is 5.83. The summed E-state index contributed by atoms with van der Waals surface area (Å²) in [6.07, 6.45) is 2.02. The van der Waals surface area contributed by atoms with Gasteiger partial charge < -0.3 is 15.0 Å². The number of hydrogen-bond acceptors (Lipinski definition) is 6. The van der Waals surface area contributed by atoms with E-state index < -0.39 is 5.97 Å². The maximum Gasteiger partial charge on any atom is 0.360 e.